The van der Waals surface area contributed by atoms with Crippen LogP contribution in [0.15, 0.2) is 42.5 Å². The fraction of sp³-hybridized carbons (Fsp3) is 0.350. The molecule has 2 aromatic carbocycles. The second-order valence-corrected chi connectivity index (χ2v) is 6.73. The first kappa shape index (κ1) is 15.2. The van der Waals surface area contributed by atoms with E-state index < -0.39 is 6.10 Å². The summed E-state index contributed by atoms with van der Waals surface area (Å²) in [7, 11) is 0. The number of benzene rings is 2. The van der Waals surface area contributed by atoms with Gasteiger partial charge in [0.25, 0.3) is 0 Å². The summed E-state index contributed by atoms with van der Waals surface area (Å²) in [4.78, 5) is 12.9. The zero-order chi connectivity index (χ0) is 16.7. The predicted octanol–water partition coefficient (Wildman–Crippen LogP) is 2.59. The highest BCUT2D eigenvalue weighted by Gasteiger charge is 2.35. The van der Waals surface area contributed by atoms with E-state index in [4.69, 9.17) is 0 Å². The van der Waals surface area contributed by atoms with Gasteiger partial charge in [-0.1, -0.05) is 36.4 Å². The molecule has 2 aliphatic rings. The van der Waals surface area contributed by atoms with Gasteiger partial charge in [-0.05, 0) is 48.4 Å². The van der Waals surface area contributed by atoms with E-state index in [0.29, 0.717) is 12.8 Å². The van der Waals surface area contributed by atoms with E-state index in [0.717, 1.165) is 29.5 Å². The van der Waals surface area contributed by atoms with Crippen LogP contribution in [-0.2, 0) is 17.6 Å². The van der Waals surface area contributed by atoms with Crippen LogP contribution in [-0.4, -0.2) is 22.2 Å². The quantitative estimate of drug-likeness (QED) is 0.795. The molecule has 1 unspecified atom stereocenters. The van der Waals surface area contributed by atoms with Gasteiger partial charge in [0.2, 0.25) is 5.91 Å². The summed E-state index contributed by atoms with van der Waals surface area (Å²) in [5, 5.41) is 23.6. The number of carbonyl (C=O) groups excluding carboxylic acids is 1. The van der Waals surface area contributed by atoms with Crippen molar-refractivity contribution in [2.75, 3.05) is 0 Å². The summed E-state index contributed by atoms with van der Waals surface area (Å²) in [6, 6.07) is 13.0. The van der Waals surface area contributed by atoms with Crippen molar-refractivity contribution < 1.29 is 15.0 Å². The third kappa shape index (κ3) is 2.47. The number of fused-ring (bicyclic) bond motifs is 2. The molecule has 0 bridgehead atoms. The van der Waals surface area contributed by atoms with Crippen LogP contribution in [0.5, 0.6) is 5.75 Å². The number of hydrogen-bond acceptors (Lipinski definition) is 3. The van der Waals surface area contributed by atoms with Gasteiger partial charge in [0.15, 0.2) is 0 Å². The number of amides is 1. The molecule has 1 amide bonds. The highest BCUT2D eigenvalue weighted by Crippen LogP contribution is 2.40. The number of hydrogen-bond donors (Lipinski definition) is 3. The molecule has 4 heteroatoms. The maximum atomic E-state index is 12.9. The van der Waals surface area contributed by atoms with E-state index in [1.807, 2.05) is 30.3 Å². The minimum Gasteiger partial charge on any atom is -0.508 e. The number of aliphatic hydroxyl groups is 1. The Balaban J connectivity index is 1.60. The first-order valence-corrected chi connectivity index (χ1v) is 8.52. The summed E-state index contributed by atoms with van der Waals surface area (Å²) in [6.07, 6.45) is 2.40. The summed E-state index contributed by atoms with van der Waals surface area (Å²) in [5.74, 6) is -0.270. The van der Waals surface area contributed by atoms with E-state index >= 15 is 0 Å². The summed E-state index contributed by atoms with van der Waals surface area (Å²) < 4.78 is 0. The number of phenolic OH excluding ortho intramolecular Hbond substituents is 1. The van der Waals surface area contributed by atoms with Crippen molar-refractivity contribution >= 4 is 5.91 Å². The Morgan fingerprint density at radius 3 is 2.62 bits per heavy atom. The molecular formula is C20H21NO3. The van der Waals surface area contributed by atoms with Gasteiger partial charge in [-0.2, -0.15) is 0 Å². The zero-order valence-corrected chi connectivity index (χ0v) is 13.4. The molecule has 0 saturated carbocycles. The SMILES string of the molecule is O=C(N[C@H]1c2ccccc2CC[C@H]1O)C1CCc2cccc(O)c21. The van der Waals surface area contributed by atoms with Crippen LogP contribution in [0.4, 0.5) is 0 Å². The Labute approximate surface area is 141 Å². The zero-order valence-electron chi connectivity index (χ0n) is 13.4. The van der Waals surface area contributed by atoms with Crippen LogP contribution >= 0.6 is 0 Å². The molecule has 3 atom stereocenters. The van der Waals surface area contributed by atoms with Crippen molar-refractivity contribution in [2.45, 2.75) is 43.7 Å². The molecule has 0 aliphatic heterocycles. The van der Waals surface area contributed by atoms with Gasteiger partial charge in [0.1, 0.15) is 5.75 Å². The molecule has 24 heavy (non-hydrogen) atoms. The van der Waals surface area contributed by atoms with Gasteiger partial charge in [-0.25, -0.2) is 0 Å². The van der Waals surface area contributed by atoms with E-state index in [2.05, 4.69) is 11.4 Å². The van der Waals surface area contributed by atoms with Gasteiger partial charge >= 0.3 is 0 Å². The molecule has 4 rings (SSSR count). The summed E-state index contributed by atoms with van der Waals surface area (Å²) in [6.45, 7) is 0. The first-order valence-electron chi connectivity index (χ1n) is 8.52. The second kappa shape index (κ2) is 5.95. The third-order valence-electron chi connectivity index (χ3n) is 5.32. The first-order chi connectivity index (χ1) is 11.6. The molecule has 4 nitrogen and oxygen atoms in total. The molecule has 0 fully saturated rings. The number of aromatic hydroxyl groups is 1. The lowest BCUT2D eigenvalue weighted by Gasteiger charge is -2.32. The van der Waals surface area contributed by atoms with Crippen LogP contribution in [0.3, 0.4) is 0 Å². The molecule has 124 valence electrons. The van der Waals surface area contributed by atoms with Crippen LogP contribution in [0, 0.1) is 0 Å². The Hall–Kier alpha value is -2.33. The molecule has 0 spiro atoms. The Bertz CT molecular complexity index is 786. The van der Waals surface area contributed by atoms with Crippen LogP contribution in [0.25, 0.3) is 0 Å². The van der Waals surface area contributed by atoms with Gasteiger partial charge in [0, 0.05) is 5.56 Å². The number of phenols is 1. The third-order valence-corrected chi connectivity index (χ3v) is 5.32. The normalized spacial score (nSPS) is 25.0. The predicted molar refractivity (Wildman–Crippen MR) is 90.8 cm³/mol. The van der Waals surface area contributed by atoms with Crippen molar-refractivity contribution in [1.29, 1.82) is 0 Å². The highest BCUT2D eigenvalue weighted by atomic mass is 16.3. The fourth-order valence-electron chi connectivity index (χ4n) is 4.10. The Morgan fingerprint density at radius 1 is 1.00 bits per heavy atom. The molecule has 0 aromatic heterocycles. The Kier molecular flexibility index (Phi) is 3.77. The average Bonchev–Trinajstić information content (AvgIpc) is 3.03. The van der Waals surface area contributed by atoms with Gasteiger partial charge in [0.05, 0.1) is 18.1 Å². The van der Waals surface area contributed by atoms with E-state index in [1.165, 1.54) is 5.56 Å². The fourth-order valence-corrected chi connectivity index (χ4v) is 4.10. The van der Waals surface area contributed by atoms with Crippen molar-refractivity contribution in [3.63, 3.8) is 0 Å². The summed E-state index contributed by atoms with van der Waals surface area (Å²) >= 11 is 0. The average molecular weight is 323 g/mol. The molecule has 3 N–H and O–H groups in total. The van der Waals surface area contributed by atoms with E-state index in [9.17, 15) is 15.0 Å². The van der Waals surface area contributed by atoms with Gasteiger partial charge < -0.3 is 15.5 Å². The standard InChI is InChI=1S/C20H21NO3/c22-16-7-3-5-13-8-10-15(18(13)16)20(24)21-19-14-6-2-1-4-12(14)9-11-17(19)23/h1-7,15,17,19,22-23H,8-11H2,(H,21,24)/t15?,17-,19+/m1/s1. The van der Waals surface area contributed by atoms with E-state index in [-0.39, 0.29) is 23.6 Å². The minimum atomic E-state index is -0.575. The van der Waals surface area contributed by atoms with Crippen LogP contribution in [0.2, 0.25) is 0 Å². The molecule has 2 aromatic rings. The number of rotatable bonds is 2. The van der Waals surface area contributed by atoms with Crippen molar-refractivity contribution in [2.24, 2.45) is 0 Å². The van der Waals surface area contributed by atoms with Crippen molar-refractivity contribution in [1.82, 2.24) is 5.32 Å². The number of nitrogens with one attached hydrogen (secondary N) is 1. The minimum absolute atomic E-state index is 0.115. The molecule has 0 radical (unpaired) electrons. The monoisotopic (exact) mass is 323 g/mol. The number of aliphatic hydroxyl groups excluding tert-OH is 1. The van der Waals surface area contributed by atoms with Crippen LogP contribution < -0.4 is 5.32 Å². The molecular weight excluding hydrogens is 302 g/mol. The smallest absolute Gasteiger partial charge is 0.228 e. The lowest BCUT2D eigenvalue weighted by molar-refractivity contribution is -0.124. The molecule has 2 aliphatic carbocycles. The molecule has 0 heterocycles. The number of aryl methyl sites for hydroxylation is 2. The lowest BCUT2D eigenvalue weighted by atomic mass is 9.85. The second-order valence-electron chi connectivity index (χ2n) is 6.73. The lowest BCUT2D eigenvalue weighted by Crippen LogP contribution is -2.41. The van der Waals surface area contributed by atoms with E-state index in [1.54, 1.807) is 6.07 Å². The van der Waals surface area contributed by atoms with Gasteiger partial charge in [-0.3, -0.25) is 4.79 Å². The maximum absolute atomic E-state index is 12.9. The highest BCUT2D eigenvalue weighted by molar-refractivity contribution is 5.86. The van der Waals surface area contributed by atoms with Crippen molar-refractivity contribution in [3.05, 3.63) is 64.7 Å². The Morgan fingerprint density at radius 2 is 1.75 bits per heavy atom. The molecule has 0 saturated heterocycles. The maximum Gasteiger partial charge on any atom is 0.228 e. The topological polar surface area (TPSA) is 69.6 Å². The largest absolute Gasteiger partial charge is 0.508 e. The summed E-state index contributed by atoms with van der Waals surface area (Å²) in [5.41, 5.74) is 3.97. The van der Waals surface area contributed by atoms with Crippen molar-refractivity contribution in [3.8, 4) is 5.75 Å². The van der Waals surface area contributed by atoms with Gasteiger partial charge in [-0.15, -0.1) is 0 Å². The number of carbonyl (C=O) groups is 1. The van der Waals surface area contributed by atoms with Crippen LogP contribution in [0.1, 0.15) is 47.1 Å².